The Balaban J connectivity index is 1.43. The van der Waals surface area contributed by atoms with E-state index in [0.717, 1.165) is 42.3 Å². The lowest BCUT2D eigenvalue weighted by Crippen LogP contribution is -2.44. The van der Waals surface area contributed by atoms with Gasteiger partial charge in [0.05, 0.1) is 19.4 Å². The van der Waals surface area contributed by atoms with Crippen molar-refractivity contribution in [3.8, 4) is 0 Å². The number of hydrogen-bond donors (Lipinski definition) is 0. The monoisotopic (exact) mass is 378 g/mol. The van der Waals surface area contributed by atoms with E-state index in [-0.39, 0.29) is 5.92 Å². The molecule has 0 aliphatic carbocycles. The Kier molecular flexibility index (Phi) is 4.05. The third kappa shape index (κ3) is 2.92. The summed E-state index contributed by atoms with van der Waals surface area (Å²) in [7, 11) is 0. The molecule has 0 bridgehead atoms. The van der Waals surface area contributed by atoms with Gasteiger partial charge in [0.1, 0.15) is 11.6 Å². The van der Waals surface area contributed by atoms with E-state index in [9.17, 15) is 9.59 Å². The highest BCUT2D eigenvalue weighted by molar-refractivity contribution is 5.21. The Morgan fingerprint density at radius 1 is 1.04 bits per heavy atom. The van der Waals surface area contributed by atoms with Crippen LogP contribution in [0.15, 0.2) is 56.7 Å². The summed E-state index contributed by atoms with van der Waals surface area (Å²) in [5, 5.41) is 4.62. The molecule has 7 nitrogen and oxygen atoms in total. The second kappa shape index (κ2) is 6.60. The molecule has 1 saturated heterocycles. The lowest BCUT2D eigenvalue weighted by atomic mass is 10.00. The number of hydrogen-bond acceptors (Lipinski definition) is 5. The number of furan rings is 1. The van der Waals surface area contributed by atoms with Crippen molar-refractivity contribution in [3.63, 3.8) is 0 Å². The summed E-state index contributed by atoms with van der Waals surface area (Å²) in [6, 6.07) is 11.8. The maximum absolute atomic E-state index is 12.7. The molecule has 2 aliphatic rings. The van der Waals surface area contributed by atoms with E-state index in [0.29, 0.717) is 19.0 Å². The highest BCUT2D eigenvalue weighted by atomic mass is 16.3. The normalized spacial score (nSPS) is 21.0. The molecule has 0 spiro atoms. The van der Waals surface area contributed by atoms with Crippen LogP contribution in [0.5, 0.6) is 0 Å². The number of benzene rings is 1. The van der Waals surface area contributed by atoms with Crippen molar-refractivity contribution in [2.75, 3.05) is 13.1 Å². The highest BCUT2D eigenvalue weighted by Gasteiger charge is 2.42. The van der Waals surface area contributed by atoms with Gasteiger partial charge < -0.3 is 4.42 Å². The molecule has 28 heavy (non-hydrogen) atoms. The minimum Gasteiger partial charge on any atom is -0.468 e. The van der Waals surface area contributed by atoms with Gasteiger partial charge >= 0.3 is 11.1 Å². The predicted molar refractivity (Wildman–Crippen MR) is 103 cm³/mol. The van der Waals surface area contributed by atoms with Crippen LogP contribution in [-0.4, -0.2) is 32.3 Å². The van der Waals surface area contributed by atoms with E-state index in [1.54, 1.807) is 10.8 Å². The molecule has 0 saturated carbocycles. The van der Waals surface area contributed by atoms with Crippen LogP contribution in [0.1, 0.15) is 28.6 Å². The quantitative estimate of drug-likeness (QED) is 0.645. The lowest BCUT2D eigenvalue weighted by Gasteiger charge is -2.16. The average Bonchev–Trinajstić information content (AvgIpc) is 3.39. The molecule has 0 N–H and O–H groups in total. The Morgan fingerprint density at radius 2 is 1.86 bits per heavy atom. The van der Waals surface area contributed by atoms with Crippen LogP contribution in [0.25, 0.3) is 0 Å². The third-order valence-corrected chi connectivity index (χ3v) is 5.84. The Bertz CT molecular complexity index is 1110. The van der Waals surface area contributed by atoms with E-state index in [1.165, 1.54) is 4.68 Å². The summed E-state index contributed by atoms with van der Waals surface area (Å²) in [5.41, 5.74) is 1.12. The van der Waals surface area contributed by atoms with Crippen LogP contribution >= 0.6 is 0 Å². The number of fused-ring (bicyclic) bond motifs is 3. The molecular weight excluding hydrogens is 356 g/mol. The number of nitrogens with zero attached hydrogens (tertiary/aromatic N) is 4. The van der Waals surface area contributed by atoms with Gasteiger partial charge in [-0.15, -0.1) is 0 Å². The predicted octanol–water partition coefficient (Wildman–Crippen LogP) is 1.58. The lowest BCUT2D eigenvalue weighted by molar-refractivity contribution is 0.277. The fraction of sp³-hybridized carbons (Fsp3) is 0.381. The maximum Gasteiger partial charge on any atom is 0.332 e. The van der Waals surface area contributed by atoms with E-state index in [2.05, 4.69) is 10.00 Å². The molecule has 0 radical (unpaired) electrons. The standard InChI is InChI=1S/C21H22N4O3/c1-14-4-6-15(7-5-14)9-25-21(27)20(26)24-11-16-10-23(12-17-3-2-8-28-17)13-18(16)19(24)22-25/h2-8,16,18H,9-13H2,1H3/t16-,18+/m0/s1. The molecule has 3 aromatic rings. The molecule has 1 aromatic carbocycles. The summed E-state index contributed by atoms with van der Waals surface area (Å²) in [4.78, 5) is 27.5. The van der Waals surface area contributed by atoms with Gasteiger partial charge in [-0.2, -0.15) is 5.10 Å². The maximum atomic E-state index is 12.7. The van der Waals surface area contributed by atoms with Gasteiger partial charge in [-0.3, -0.25) is 19.1 Å². The molecule has 144 valence electrons. The zero-order chi connectivity index (χ0) is 19.3. The number of likely N-dealkylation sites (tertiary alicyclic amines) is 1. The summed E-state index contributed by atoms with van der Waals surface area (Å²) < 4.78 is 8.38. The Labute approximate surface area is 161 Å². The third-order valence-electron chi connectivity index (χ3n) is 5.84. The summed E-state index contributed by atoms with van der Waals surface area (Å²) >= 11 is 0. The zero-order valence-electron chi connectivity index (χ0n) is 15.7. The van der Waals surface area contributed by atoms with Crippen molar-refractivity contribution < 1.29 is 4.42 Å². The minimum atomic E-state index is -0.545. The second-order valence-electron chi connectivity index (χ2n) is 7.86. The fourth-order valence-corrected chi connectivity index (χ4v) is 4.40. The average molecular weight is 378 g/mol. The van der Waals surface area contributed by atoms with Crippen molar-refractivity contribution in [1.29, 1.82) is 0 Å². The van der Waals surface area contributed by atoms with Crippen molar-refractivity contribution in [2.45, 2.75) is 32.5 Å². The highest BCUT2D eigenvalue weighted by Crippen LogP contribution is 2.37. The van der Waals surface area contributed by atoms with Crippen molar-refractivity contribution >= 4 is 0 Å². The smallest absolute Gasteiger partial charge is 0.332 e. The second-order valence-corrected chi connectivity index (χ2v) is 7.86. The molecule has 1 fully saturated rings. The van der Waals surface area contributed by atoms with Gasteiger partial charge in [0.2, 0.25) is 0 Å². The molecule has 0 unspecified atom stereocenters. The van der Waals surface area contributed by atoms with Gasteiger partial charge in [0, 0.05) is 31.5 Å². The Morgan fingerprint density at radius 3 is 2.61 bits per heavy atom. The first-order chi connectivity index (χ1) is 13.6. The van der Waals surface area contributed by atoms with Crippen molar-refractivity contribution in [3.05, 3.63) is 86.1 Å². The van der Waals surface area contributed by atoms with Crippen molar-refractivity contribution in [2.24, 2.45) is 5.92 Å². The van der Waals surface area contributed by atoms with Gasteiger partial charge in [0.25, 0.3) is 0 Å². The van der Waals surface area contributed by atoms with Crippen LogP contribution in [-0.2, 0) is 19.6 Å². The molecule has 2 atom stereocenters. The van der Waals surface area contributed by atoms with Gasteiger partial charge in [0.15, 0.2) is 0 Å². The van der Waals surface area contributed by atoms with Crippen LogP contribution in [0, 0.1) is 12.8 Å². The first kappa shape index (κ1) is 17.2. The first-order valence-electron chi connectivity index (χ1n) is 9.60. The topological polar surface area (TPSA) is 73.3 Å². The first-order valence-corrected chi connectivity index (χ1v) is 9.60. The molecule has 2 aliphatic heterocycles. The summed E-state index contributed by atoms with van der Waals surface area (Å²) in [6.07, 6.45) is 1.69. The van der Waals surface area contributed by atoms with Crippen LogP contribution < -0.4 is 11.1 Å². The number of rotatable bonds is 4. The Hall–Kier alpha value is -2.93. The van der Waals surface area contributed by atoms with Gasteiger partial charge in [-0.05, 0) is 24.6 Å². The van der Waals surface area contributed by atoms with E-state index >= 15 is 0 Å². The van der Waals surface area contributed by atoms with Crippen molar-refractivity contribution in [1.82, 2.24) is 19.2 Å². The number of aromatic nitrogens is 3. The molecule has 2 aromatic heterocycles. The largest absolute Gasteiger partial charge is 0.468 e. The summed E-state index contributed by atoms with van der Waals surface area (Å²) in [6.45, 7) is 5.36. The fourth-order valence-electron chi connectivity index (χ4n) is 4.40. The van der Waals surface area contributed by atoms with Crippen LogP contribution in [0.4, 0.5) is 0 Å². The number of aryl methyl sites for hydroxylation is 1. The molecule has 0 amide bonds. The zero-order valence-corrected chi connectivity index (χ0v) is 15.7. The molecule has 4 heterocycles. The SMILES string of the molecule is Cc1ccc(Cn2nc3n(c(=O)c2=O)C[C@@H]2CN(Cc4ccco4)C[C@@H]32)cc1. The van der Waals surface area contributed by atoms with Gasteiger partial charge in [-0.25, -0.2) is 4.68 Å². The minimum absolute atomic E-state index is 0.174. The summed E-state index contributed by atoms with van der Waals surface area (Å²) in [5.74, 6) is 2.16. The molecular formula is C21H22N4O3. The van der Waals surface area contributed by atoms with Gasteiger partial charge in [-0.1, -0.05) is 29.8 Å². The molecule has 7 heteroatoms. The van der Waals surface area contributed by atoms with E-state index in [1.807, 2.05) is 43.3 Å². The van der Waals surface area contributed by atoms with E-state index in [4.69, 9.17) is 4.42 Å². The van der Waals surface area contributed by atoms with Crippen LogP contribution in [0.2, 0.25) is 0 Å². The molecule has 5 rings (SSSR count). The van der Waals surface area contributed by atoms with E-state index < -0.39 is 11.1 Å². The van der Waals surface area contributed by atoms with Crippen LogP contribution in [0.3, 0.4) is 0 Å².